The van der Waals surface area contributed by atoms with Gasteiger partial charge in [0.1, 0.15) is 0 Å². The van der Waals surface area contributed by atoms with Crippen molar-refractivity contribution < 1.29 is 0 Å². The second-order valence-corrected chi connectivity index (χ2v) is 5.30. The average Bonchev–Trinajstić information content (AvgIpc) is 2.62. The molecule has 0 atom stereocenters. The van der Waals surface area contributed by atoms with E-state index in [1.807, 2.05) is 18.2 Å². The van der Waals surface area contributed by atoms with Crippen LogP contribution in [-0.2, 0) is 6.42 Å². The van der Waals surface area contributed by atoms with E-state index in [1.165, 1.54) is 11.1 Å². The van der Waals surface area contributed by atoms with Crippen LogP contribution in [0.1, 0.15) is 27.8 Å². The molecule has 0 bridgehead atoms. The summed E-state index contributed by atoms with van der Waals surface area (Å²) in [5.41, 5.74) is 5.15. The van der Waals surface area contributed by atoms with E-state index in [0.29, 0.717) is 5.56 Å². The van der Waals surface area contributed by atoms with Crippen molar-refractivity contribution in [2.45, 2.75) is 6.42 Å². The highest BCUT2D eigenvalue weighted by Crippen LogP contribution is 2.10. The largest absolute Gasteiger partial charge is 0.192 e. The third-order valence-corrected chi connectivity index (χ3v) is 3.57. The smallest absolute Gasteiger partial charge is 0.0991 e. The van der Waals surface area contributed by atoms with Crippen LogP contribution in [0, 0.1) is 23.2 Å². The summed E-state index contributed by atoms with van der Waals surface area (Å²) >= 11 is 0. The van der Waals surface area contributed by atoms with E-state index in [9.17, 15) is 0 Å². The Hall–Kier alpha value is -3.29. The van der Waals surface area contributed by atoms with Crippen LogP contribution < -0.4 is 0 Å². The molecule has 1 heteroatoms. The van der Waals surface area contributed by atoms with Gasteiger partial charge in [-0.25, -0.2) is 0 Å². The van der Waals surface area contributed by atoms with Crippen molar-refractivity contribution >= 4 is 0 Å². The minimum atomic E-state index is 0.654. The van der Waals surface area contributed by atoms with E-state index in [-0.39, 0.29) is 0 Å². The van der Waals surface area contributed by atoms with Gasteiger partial charge in [0.2, 0.25) is 0 Å². The van der Waals surface area contributed by atoms with Crippen LogP contribution >= 0.6 is 0 Å². The first-order chi connectivity index (χ1) is 11.3. The van der Waals surface area contributed by atoms with Crippen molar-refractivity contribution in [3.05, 3.63) is 107 Å². The van der Waals surface area contributed by atoms with Crippen molar-refractivity contribution in [2.24, 2.45) is 0 Å². The highest BCUT2D eigenvalue weighted by atomic mass is 14.2. The molecule has 0 saturated heterocycles. The predicted octanol–water partition coefficient (Wildman–Crippen LogP) is 4.55. The van der Waals surface area contributed by atoms with Gasteiger partial charge in [0.05, 0.1) is 11.6 Å². The van der Waals surface area contributed by atoms with Crippen molar-refractivity contribution in [3.63, 3.8) is 0 Å². The Morgan fingerprint density at radius 2 is 1.04 bits per heavy atom. The molecule has 3 rings (SSSR count). The summed E-state index contributed by atoms with van der Waals surface area (Å²) in [6.45, 7) is 0. The monoisotopic (exact) mass is 293 g/mol. The summed E-state index contributed by atoms with van der Waals surface area (Å²) < 4.78 is 0. The zero-order valence-electron chi connectivity index (χ0n) is 12.7. The van der Waals surface area contributed by atoms with Gasteiger partial charge in [0.15, 0.2) is 0 Å². The van der Waals surface area contributed by atoms with E-state index in [4.69, 9.17) is 5.26 Å². The normalized spacial score (nSPS) is 9.52. The van der Waals surface area contributed by atoms with Crippen LogP contribution in [0.5, 0.6) is 0 Å². The highest BCUT2D eigenvalue weighted by molar-refractivity contribution is 5.45. The Bertz CT molecular complexity index is 871. The SMILES string of the molecule is N#Cc1ccc(C#Cc2ccc(Cc3ccccc3)cc2)cc1. The number of hydrogen-bond donors (Lipinski definition) is 0. The third kappa shape index (κ3) is 4.10. The average molecular weight is 293 g/mol. The van der Waals surface area contributed by atoms with Crippen molar-refractivity contribution in [1.82, 2.24) is 0 Å². The third-order valence-electron chi connectivity index (χ3n) is 3.57. The molecule has 0 saturated carbocycles. The lowest BCUT2D eigenvalue weighted by atomic mass is 10.0. The van der Waals surface area contributed by atoms with Crippen LogP contribution in [0.2, 0.25) is 0 Å². The van der Waals surface area contributed by atoms with Gasteiger partial charge in [-0.05, 0) is 53.9 Å². The zero-order chi connectivity index (χ0) is 15.9. The molecule has 0 aliphatic rings. The maximum Gasteiger partial charge on any atom is 0.0991 e. The molecule has 0 radical (unpaired) electrons. The number of hydrogen-bond acceptors (Lipinski definition) is 1. The number of benzene rings is 3. The molecule has 3 aromatic rings. The van der Waals surface area contributed by atoms with Crippen LogP contribution in [0.3, 0.4) is 0 Å². The Kier molecular flexibility index (Phi) is 4.53. The molecule has 108 valence electrons. The zero-order valence-corrected chi connectivity index (χ0v) is 12.7. The maximum atomic E-state index is 8.78. The lowest BCUT2D eigenvalue weighted by Gasteiger charge is -2.01. The van der Waals surface area contributed by atoms with E-state index >= 15 is 0 Å². The Morgan fingerprint density at radius 3 is 1.61 bits per heavy atom. The Labute approximate surface area is 136 Å². The first kappa shape index (κ1) is 14.6. The van der Waals surface area contributed by atoms with Gasteiger partial charge in [-0.1, -0.05) is 54.3 Å². The summed E-state index contributed by atoms with van der Waals surface area (Å²) in [5.74, 6) is 6.28. The van der Waals surface area contributed by atoms with E-state index in [1.54, 1.807) is 12.1 Å². The first-order valence-electron chi connectivity index (χ1n) is 7.48. The van der Waals surface area contributed by atoms with Gasteiger partial charge < -0.3 is 0 Å². The molecule has 0 fully saturated rings. The summed E-state index contributed by atoms with van der Waals surface area (Å²) in [7, 11) is 0. The van der Waals surface area contributed by atoms with Crippen molar-refractivity contribution in [3.8, 4) is 17.9 Å². The van der Waals surface area contributed by atoms with Gasteiger partial charge in [0, 0.05) is 11.1 Å². The molecule has 3 aromatic carbocycles. The molecular weight excluding hydrogens is 278 g/mol. The molecule has 23 heavy (non-hydrogen) atoms. The van der Waals surface area contributed by atoms with Crippen molar-refractivity contribution in [2.75, 3.05) is 0 Å². The lowest BCUT2D eigenvalue weighted by molar-refractivity contribution is 1.19. The topological polar surface area (TPSA) is 23.8 Å². The maximum absolute atomic E-state index is 8.78. The molecular formula is C22H15N. The fourth-order valence-corrected chi connectivity index (χ4v) is 2.31. The predicted molar refractivity (Wildman–Crippen MR) is 92.8 cm³/mol. The van der Waals surface area contributed by atoms with Gasteiger partial charge in [-0.3, -0.25) is 0 Å². The fraction of sp³-hybridized carbons (Fsp3) is 0.0455. The Balaban J connectivity index is 1.70. The van der Waals surface area contributed by atoms with E-state index in [2.05, 4.69) is 66.4 Å². The van der Waals surface area contributed by atoms with Crippen LogP contribution in [0.4, 0.5) is 0 Å². The van der Waals surface area contributed by atoms with Gasteiger partial charge in [-0.2, -0.15) is 5.26 Å². The molecule has 1 nitrogen and oxygen atoms in total. The number of nitrogens with zero attached hydrogens (tertiary/aromatic N) is 1. The van der Waals surface area contributed by atoms with Crippen LogP contribution in [0.25, 0.3) is 0 Å². The van der Waals surface area contributed by atoms with Gasteiger partial charge in [-0.15, -0.1) is 0 Å². The van der Waals surface area contributed by atoms with Crippen LogP contribution in [-0.4, -0.2) is 0 Å². The van der Waals surface area contributed by atoms with Gasteiger partial charge >= 0.3 is 0 Å². The van der Waals surface area contributed by atoms with E-state index in [0.717, 1.165) is 17.5 Å². The van der Waals surface area contributed by atoms with Crippen LogP contribution in [0.15, 0.2) is 78.9 Å². The second-order valence-electron chi connectivity index (χ2n) is 5.30. The quantitative estimate of drug-likeness (QED) is 0.636. The fourth-order valence-electron chi connectivity index (χ4n) is 2.31. The van der Waals surface area contributed by atoms with Crippen molar-refractivity contribution in [1.29, 1.82) is 5.26 Å². The summed E-state index contributed by atoms with van der Waals surface area (Å²) in [6, 6.07) is 28.2. The number of rotatable bonds is 2. The van der Waals surface area contributed by atoms with E-state index < -0.39 is 0 Å². The summed E-state index contributed by atoms with van der Waals surface area (Å²) in [6.07, 6.45) is 0.935. The molecule has 0 unspecified atom stereocenters. The minimum absolute atomic E-state index is 0.654. The second kappa shape index (κ2) is 7.12. The molecule has 0 N–H and O–H groups in total. The standard InChI is InChI=1S/C22H15N/c23-17-22-14-10-19(11-15-22)7-6-18-8-12-21(13-9-18)16-20-4-2-1-3-5-20/h1-5,8-15H,16H2. The molecule has 0 aliphatic heterocycles. The molecule has 0 spiro atoms. The summed E-state index contributed by atoms with van der Waals surface area (Å²) in [5, 5.41) is 8.78. The number of nitriles is 1. The minimum Gasteiger partial charge on any atom is -0.192 e. The first-order valence-corrected chi connectivity index (χ1v) is 7.48. The molecule has 0 heterocycles. The lowest BCUT2D eigenvalue weighted by Crippen LogP contribution is -1.87. The molecule has 0 amide bonds. The highest BCUT2D eigenvalue weighted by Gasteiger charge is 1.96. The van der Waals surface area contributed by atoms with Gasteiger partial charge in [0.25, 0.3) is 0 Å². The molecule has 0 aromatic heterocycles. The Morgan fingerprint density at radius 1 is 0.565 bits per heavy atom. The summed E-state index contributed by atoms with van der Waals surface area (Å²) in [4.78, 5) is 0. The molecule has 0 aliphatic carbocycles.